The summed E-state index contributed by atoms with van der Waals surface area (Å²) in [5.41, 5.74) is 2.92. The molecule has 4 aromatic rings. The molecule has 0 saturated carbocycles. The number of para-hydroxylation sites is 1. The lowest BCUT2D eigenvalue weighted by atomic mass is 10.1. The van der Waals surface area contributed by atoms with E-state index in [1.54, 1.807) is 35.0 Å². The first-order valence-electron chi connectivity index (χ1n) is 9.42. The van der Waals surface area contributed by atoms with Crippen molar-refractivity contribution in [3.63, 3.8) is 0 Å². The number of methoxy groups -OCH3 is 1. The number of rotatable bonds is 5. The standard InChI is InChI=1S/C22H20N4O3S/c1-13(2)18-12-17(20(27)23-15-8-6-7-14(11-15)21(28)29-3)25-26(18)22-24-16-9-4-5-10-19(16)30-22/h4-13H,1-3H3,(H,23,27). The predicted molar refractivity (Wildman–Crippen MR) is 117 cm³/mol. The SMILES string of the molecule is COC(=O)c1cccc(NC(=O)c2cc(C(C)C)n(-c3nc4ccccc4s3)n2)c1. The smallest absolute Gasteiger partial charge is 0.337 e. The van der Waals surface area contributed by atoms with E-state index in [1.165, 1.54) is 18.4 Å². The Morgan fingerprint density at radius 3 is 2.63 bits per heavy atom. The van der Waals surface area contributed by atoms with Crippen LogP contribution in [0.5, 0.6) is 0 Å². The van der Waals surface area contributed by atoms with Gasteiger partial charge in [-0.15, -0.1) is 0 Å². The molecule has 0 saturated heterocycles. The average molecular weight is 420 g/mol. The van der Waals surface area contributed by atoms with Crippen LogP contribution >= 0.6 is 11.3 Å². The lowest BCUT2D eigenvalue weighted by Crippen LogP contribution is -2.14. The number of nitrogens with one attached hydrogen (secondary N) is 1. The van der Waals surface area contributed by atoms with Crippen LogP contribution in [0.1, 0.15) is 46.3 Å². The highest BCUT2D eigenvalue weighted by molar-refractivity contribution is 7.20. The topological polar surface area (TPSA) is 86.1 Å². The zero-order chi connectivity index (χ0) is 21.3. The van der Waals surface area contributed by atoms with Crippen molar-refractivity contribution in [3.05, 3.63) is 71.5 Å². The Morgan fingerprint density at radius 2 is 1.90 bits per heavy atom. The molecule has 0 radical (unpaired) electrons. The first-order valence-corrected chi connectivity index (χ1v) is 10.2. The third kappa shape index (κ3) is 3.81. The Bertz CT molecular complexity index is 1210. The number of aromatic nitrogens is 3. The summed E-state index contributed by atoms with van der Waals surface area (Å²) in [6.45, 7) is 4.09. The number of thiazole rings is 1. The number of anilines is 1. The fraction of sp³-hybridized carbons (Fsp3) is 0.182. The minimum Gasteiger partial charge on any atom is -0.465 e. The van der Waals surface area contributed by atoms with E-state index in [0.29, 0.717) is 16.4 Å². The van der Waals surface area contributed by atoms with Gasteiger partial charge in [-0.3, -0.25) is 4.79 Å². The Kier molecular flexibility index (Phi) is 5.33. The summed E-state index contributed by atoms with van der Waals surface area (Å²) in [4.78, 5) is 29.2. The summed E-state index contributed by atoms with van der Waals surface area (Å²) >= 11 is 1.52. The molecule has 1 N–H and O–H groups in total. The molecule has 8 heteroatoms. The number of carbonyl (C=O) groups excluding carboxylic acids is 2. The Balaban J connectivity index is 1.66. The number of fused-ring (bicyclic) bond motifs is 1. The summed E-state index contributed by atoms with van der Waals surface area (Å²) in [6, 6.07) is 16.2. The van der Waals surface area contributed by atoms with Crippen LogP contribution in [0.15, 0.2) is 54.6 Å². The minimum absolute atomic E-state index is 0.147. The number of ether oxygens (including phenoxy) is 1. The number of esters is 1. The van der Waals surface area contributed by atoms with Gasteiger partial charge in [-0.1, -0.05) is 43.4 Å². The number of nitrogens with zero attached hydrogens (tertiary/aromatic N) is 3. The van der Waals surface area contributed by atoms with E-state index in [1.807, 2.05) is 38.1 Å². The molecule has 30 heavy (non-hydrogen) atoms. The lowest BCUT2D eigenvalue weighted by molar-refractivity contribution is 0.0600. The quantitative estimate of drug-likeness (QED) is 0.475. The van der Waals surface area contributed by atoms with E-state index in [4.69, 9.17) is 4.74 Å². The van der Waals surface area contributed by atoms with Gasteiger partial charge >= 0.3 is 5.97 Å². The number of amides is 1. The number of benzene rings is 2. The molecule has 0 aliphatic heterocycles. The molecule has 2 aromatic heterocycles. The van der Waals surface area contributed by atoms with Crippen LogP contribution in [0.25, 0.3) is 15.3 Å². The van der Waals surface area contributed by atoms with Gasteiger partial charge in [0.25, 0.3) is 5.91 Å². The summed E-state index contributed by atoms with van der Waals surface area (Å²) in [7, 11) is 1.32. The second kappa shape index (κ2) is 8.08. The van der Waals surface area contributed by atoms with Gasteiger partial charge in [0, 0.05) is 5.69 Å². The van der Waals surface area contributed by atoms with Gasteiger partial charge in [-0.25, -0.2) is 14.5 Å². The first-order chi connectivity index (χ1) is 14.5. The van der Waals surface area contributed by atoms with Crippen LogP contribution in [0.2, 0.25) is 0 Å². The van der Waals surface area contributed by atoms with Crippen molar-refractivity contribution in [2.75, 3.05) is 12.4 Å². The Labute approximate surface area is 177 Å². The van der Waals surface area contributed by atoms with Crippen LogP contribution < -0.4 is 5.32 Å². The van der Waals surface area contributed by atoms with Crippen LogP contribution in [0, 0.1) is 0 Å². The fourth-order valence-corrected chi connectivity index (χ4v) is 4.00. The maximum atomic E-state index is 12.8. The van der Waals surface area contributed by atoms with Crippen molar-refractivity contribution < 1.29 is 14.3 Å². The molecule has 7 nitrogen and oxygen atoms in total. The zero-order valence-corrected chi connectivity index (χ0v) is 17.6. The minimum atomic E-state index is -0.465. The average Bonchev–Trinajstić information content (AvgIpc) is 3.37. The molecule has 4 rings (SSSR count). The third-order valence-corrected chi connectivity index (χ3v) is 5.58. The van der Waals surface area contributed by atoms with Crippen molar-refractivity contribution in [1.29, 1.82) is 0 Å². The molecule has 2 aromatic carbocycles. The summed E-state index contributed by atoms with van der Waals surface area (Å²) in [6.07, 6.45) is 0. The normalized spacial score (nSPS) is 11.1. The zero-order valence-electron chi connectivity index (χ0n) is 16.7. The molecule has 1 amide bonds. The maximum Gasteiger partial charge on any atom is 0.337 e. The molecule has 152 valence electrons. The summed E-state index contributed by atoms with van der Waals surface area (Å²) in [5, 5.41) is 8.04. The van der Waals surface area contributed by atoms with E-state index >= 15 is 0 Å². The van der Waals surface area contributed by atoms with Gasteiger partial charge in [0.15, 0.2) is 5.69 Å². The molecule has 2 heterocycles. The molecule has 0 fully saturated rings. The summed E-state index contributed by atoms with van der Waals surface area (Å²) in [5.74, 6) is -0.680. The van der Waals surface area contributed by atoms with Gasteiger partial charge in [-0.05, 0) is 42.3 Å². The van der Waals surface area contributed by atoms with Crippen LogP contribution in [-0.4, -0.2) is 33.8 Å². The number of carbonyl (C=O) groups is 2. The van der Waals surface area contributed by atoms with Crippen molar-refractivity contribution in [1.82, 2.24) is 14.8 Å². The van der Waals surface area contributed by atoms with Crippen molar-refractivity contribution in [2.45, 2.75) is 19.8 Å². The highest BCUT2D eigenvalue weighted by atomic mass is 32.1. The van der Waals surface area contributed by atoms with Crippen LogP contribution in [0.4, 0.5) is 5.69 Å². The van der Waals surface area contributed by atoms with Gasteiger partial charge in [-0.2, -0.15) is 5.10 Å². The van der Waals surface area contributed by atoms with E-state index < -0.39 is 5.97 Å². The van der Waals surface area contributed by atoms with E-state index in [9.17, 15) is 9.59 Å². The van der Waals surface area contributed by atoms with E-state index in [2.05, 4.69) is 15.4 Å². The molecule has 0 spiro atoms. The second-order valence-electron chi connectivity index (χ2n) is 7.01. The predicted octanol–water partition coefficient (Wildman–Crippen LogP) is 4.64. The van der Waals surface area contributed by atoms with Crippen molar-refractivity contribution in [3.8, 4) is 5.13 Å². The Morgan fingerprint density at radius 1 is 1.10 bits per heavy atom. The van der Waals surface area contributed by atoms with Gasteiger partial charge in [0.1, 0.15) is 0 Å². The van der Waals surface area contributed by atoms with Gasteiger partial charge in [0.2, 0.25) is 5.13 Å². The lowest BCUT2D eigenvalue weighted by Gasteiger charge is -2.06. The highest BCUT2D eigenvalue weighted by Crippen LogP contribution is 2.28. The Hall–Kier alpha value is -3.52. The second-order valence-corrected chi connectivity index (χ2v) is 8.02. The van der Waals surface area contributed by atoms with E-state index in [0.717, 1.165) is 15.9 Å². The largest absolute Gasteiger partial charge is 0.465 e. The molecule has 0 atom stereocenters. The number of hydrogen-bond acceptors (Lipinski definition) is 6. The molecule has 0 unspecified atom stereocenters. The summed E-state index contributed by atoms with van der Waals surface area (Å²) < 4.78 is 7.52. The number of hydrogen-bond donors (Lipinski definition) is 1. The maximum absolute atomic E-state index is 12.8. The van der Waals surface area contributed by atoms with Gasteiger partial charge in [0.05, 0.1) is 28.6 Å². The molecule has 0 bridgehead atoms. The fourth-order valence-electron chi connectivity index (χ4n) is 3.06. The molecular weight excluding hydrogens is 400 g/mol. The third-order valence-electron chi connectivity index (χ3n) is 4.57. The van der Waals surface area contributed by atoms with Crippen LogP contribution in [-0.2, 0) is 4.74 Å². The van der Waals surface area contributed by atoms with Crippen molar-refractivity contribution >= 4 is 39.1 Å². The molecule has 0 aliphatic carbocycles. The van der Waals surface area contributed by atoms with Crippen molar-refractivity contribution in [2.24, 2.45) is 0 Å². The van der Waals surface area contributed by atoms with Crippen LogP contribution in [0.3, 0.4) is 0 Å². The monoisotopic (exact) mass is 420 g/mol. The van der Waals surface area contributed by atoms with E-state index in [-0.39, 0.29) is 17.5 Å². The molecule has 0 aliphatic rings. The van der Waals surface area contributed by atoms with Gasteiger partial charge < -0.3 is 10.1 Å². The first kappa shape index (κ1) is 19.8. The molecular formula is C22H20N4O3S. The highest BCUT2D eigenvalue weighted by Gasteiger charge is 2.20.